The van der Waals surface area contributed by atoms with Crippen molar-refractivity contribution in [3.8, 4) is 16.9 Å². The van der Waals surface area contributed by atoms with Crippen LogP contribution in [0.15, 0.2) is 41.6 Å². The van der Waals surface area contributed by atoms with E-state index < -0.39 is 24.5 Å². The Labute approximate surface area is 261 Å². The first kappa shape index (κ1) is 32.0. The standard InChI is InChI=1S/C29H35ClF5N9O/c1-16-3-2-4-23(17-7-18(12-36-11-17)27-22(37-10-16)13-39-44(27)28(31)32)42-15-38-21(9-26(42)45)20-8-19(30)5-6-24(20)43-14-25(40-41-43)29(33,34)35/h5-6,8-9,14-18,22-23,27-28,36-37,39H,2-4,7,10-13H2,1H3/t16-,17?,18?,22?,23+,27?/m1/s1. The first-order chi connectivity index (χ1) is 21.5. The molecule has 10 nitrogen and oxygen atoms in total. The second kappa shape index (κ2) is 13.0. The summed E-state index contributed by atoms with van der Waals surface area (Å²) in [6.07, 6.45) is 0.692. The van der Waals surface area contributed by atoms with E-state index in [1.54, 1.807) is 4.57 Å². The Bertz CT molecular complexity index is 1550. The van der Waals surface area contributed by atoms with Crippen molar-refractivity contribution in [3.05, 3.63) is 57.9 Å². The molecule has 45 heavy (non-hydrogen) atoms. The van der Waals surface area contributed by atoms with Crippen LogP contribution in [0.3, 0.4) is 0 Å². The van der Waals surface area contributed by atoms with Crippen molar-refractivity contribution in [1.82, 2.24) is 45.6 Å². The van der Waals surface area contributed by atoms with Gasteiger partial charge < -0.3 is 10.6 Å². The topological polar surface area (TPSA) is 105 Å². The first-order valence-corrected chi connectivity index (χ1v) is 15.5. The maximum Gasteiger partial charge on any atom is 0.436 e. The Hall–Kier alpha value is -2.98. The summed E-state index contributed by atoms with van der Waals surface area (Å²) in [6, 6.07) is 5.08. The van der Waals surface area contributed by atoms with Crippen molar-refractivity contribution >= 4 is 11.6 Å². The van der Waals surface area contributed by atoms with Crippen molar-refractivity contribution in [2.24, 2.45) is 17.8 Å². The van der Waals surface area contributed by atoms with Crippen LogP contribution in [0.1, 0.15) is 44.3 Å². The number of halogens is 6. The number of hydrogen-bond donors (Lipinski definition) is 3. The average Bonchev–Trinajstić information content (AvgIpc) is 3.67. The van der Waals surface area contributed by atoms with Gasteiger partial charge in [0, 0.05) is 35.3 Å². The summed E-state index contributed by atoms with van der Waals surface area (Å²) in [4.78, 5) is 18.3. The lowest BCUT2D eigenvalue weighted by Crippen LogP contribution is -2.56. The molecule has 3 aromatic rings. The second-order valence-corrected chi connectivity index (χ2v) is 12.7. The van der Waals surface area contributed by atoms with E-state index in [-0.39, 0.29) is 40.9 Å². The van der Waals surface area contributed by atoms with E-state index in [0.717, 1.165) is 28.7 Å². The summed E-state index contributed by atoms with van der Waals surface area (Å²) in [6.45, 7) is 1.85. The number of benzene rings is 1. The molecule has 0 radical (unpaired) electrons. The smallest absolute Gasteiger partial charge is 0.316 e. The van der Waals surface area contributed by atoms with Crippen LogP contribution in [0.4, 0.5) is 22.0 Å². The molecule has 0 amide bonds. The van der Waals surface area contributed by atoms with Gasteiger partial charge in [0.1, 0.15) is 0 Å². The van der Waals surface area contributed by atoms with E-state index in [1.807, 2.05) is 0 Å². The molecule has 0 spiro atoms. The number of fused-ring (bicyclic) bond motifs is 4. The van der Waals surface area contributed by atoms with Crippen molar-refractivity contribution < 1.29 is 22.0 Å². The summed E-state index contributed by atoms with van der Waals surface area (Å²) < 4.78 is 70.3. The van der Waals surface area contributed by atoms with Gasteiger partial charge in [-0.1, -0.05) is 30.2 Å². The number of rotatable bonds is 4. The van der Waals surface area contributed by atoms with E-state index in [9.17, 15) is 26.7 Å². The summed E-state index contributed by atoms with van der Waals surface area (Å²) in [7, 11) is 0. The van der Waals surface area contributed by atoms with Crippen LogP contribution >= 0.6 is 11.6 Å². The molecule has 3 aliphatic heterocycles. The monoisotopic (exact) mass is 655 g/mol. The fraction of sp³-hybridized carbons (Fsp3) is 0.586. The van der Waals surface area contributed by atoms with Gasteiger partial charge in [0.25, 0.3) is 5.56 Å². The molecule has 2 aromatic heterocycles. The molecule has 244 valence electrons. The highest BCUT2D eigenvalue weighted by atomic mass is 35.5. The fourth-order valence-electron chi connectivity index (χ4n) is 7.10. The Morgan fingerprint density at radius 1 is 1.07 bits per heavy atom. The van der Waals surface area contributed by atoms with Crippen molar-refractivity contribution in [2.45, 2.75) is 63.5 Å². The van der Waals surface area contributed by atoms with Crippen LogP contribution in [0.2, 0.25) is 5.02 Å². The van der Waals surface area contributed by atoms with E-state index in [2.05, 4.69) is 38.3 Å². The normalized spacial score (nSPS) is 28.4. The van der Waals surface area contributed by atoms with Gasteiger partial charge in [-0.25, -0.2) is 15.1 Å². The lowest BCUT2D eigenvalue weighted by atomic mass is 9.78. The molecule has 16 heteroatoms. The SMILES string of the molecule is C[C@@H]1CCC[C@H](n2cnc(-c3cc(Cl)ccc3-n3cc(C(F)(F)F)nn3)cc2=O)C2CNCC(C2)C2C(CNN2C(F)F)NC1. The van der Waals surface area contributed by atoms with E-state index in [1.165, 1.54) is 30.6 Å². The van der Waals surface area contributed by atoms with Crippen LogP contribution in [-0.2, 0) is 6.18 Å². The lowest BCUT2D eigenvalue weighted by molar-refractivity contribution is -0.141. The molecule has 3 saturated heterocycles. The van der Waals surface area contributed by atoms with Gasteiger partial charge in [0.2, 0.25) is 0 Å². The zero-order valence-electron chi connectivity index (χ0n) is 24.5. The van der Waals surface area contributed by atoms with Crippen LogP contribution in [0.25, 0.3) is 16.9 Å². The third kappa shape index (κ3) is 6.77. The molecule has 6 rings (SSSR count). The minimum Gasteiger partial charge on any atom is -0.316 e. The predicted octanol–water partition coefficient (Wildman–Crippen LogP) is 4.12. The molecule has 3 aliphatic rings. The van der Waals surface area contributed by atoms with Gasteiger partial charge in [0.05, 0.1) is 29.9 Å². The van der Waals surface area contributed by atoms with Gasteiger partial charge >= 0.3 is 12.7 Å². The average molecular weight is 656 g/mol. The van der Waals surface area contributed by atoms with Gasteiger partial charge in [-0.15, -0.1) is 5.10 Å². The highest BCUT2D eigenvalue weighted by molar-refractivity contribution is 6.31. The quantitative estimate of drug-likeness (QED) is 0.285. The van der Waals surface area contributed by atoms with Crippen LogP contribution in [0.5, 0.6) is 0 Å². The predicted molar refractivity (Wildman–Crippen MR) is 157 cm³/mol. The third-order valence-corrected chi connectivity index (χ3v) is 9.50. The number of nitrogens with zero attached hydrogens (tertiary/aromatic N) is 6. The number of alkyl halides is 5. The molecule has 5 heterocycles. The summed E-state index contributed by atoms with van der Waals surface area (Å²) in [5, 5.41) is 15.2. The molecule has 3 fully saturated rings. The minimum absolute atomic E-state index is 0.0118. The van der Waals surface area contributed by atoms with Crippen LogP contribution in [0, 0.1) is 17.8 Å². The van der Waals surface area contributed by atoms with E-state index in [0.29, 0.717) is 55.5 Å². The van der Waals surface area contributed by atoms with Crippen molar-refractivity contribution in [1.29, 1.82) is 0 Å². The Kier molecular flexibility index (Phi) is 9.26. The molecule has 0 aliphatic carbocycles. The summed E-state index contributed by atoms with van der Waals surface area (Å²) in [5.74, 6) is 0.225. The van der Waals surface area contributed by atoms with Gasteiger partial charge in [-0.2, -0.15) is 27.0 Å². The largest absolute Gasteiger partial charge is 0.436 e. The molecule has 1 aromatic carbocycles. The summed E-state index contributed by atoms with van der Waals surface area (Å²) >= 11 is 6.25. The number of piperidine rings is 1. The van der Waals surface area contributed by atoms with Crippen LogP contribution < -0.4 is 21.6 Å². The zero-order chi connectivity index (χ0) is 31.9. The Balaban J connectivity index is 1.33. The van der Waals surface area contributed by atoms with E-state index in [4.69, 9.17) is 11.6 Å². The zero-order valence-corrected chi connectivity index (χ0v) is 25.3. The molecular weight excluding hydrogens is 621 g/mol. The van der Waals surface area contributed by atoms with Crippen molar-refractivity contribution in [3.63, 3.8) is 0 Å². The highest BCUT2D eigenvalue weighted by Gasteiger charge is 2.45. The second-order valence-electron chi connectivity index (χ2n) is 12.3. The Morgan fingerprint density at radius 2 is 1.87 bits per heavy atom. The molecule has 0 saturated carbocycles. The van der Waals surface area contributed by atoms with Gasteiger partial charge in [-0.3, -0.25) is 9.36 Å². The molecule has 2 bridgehead atoms. The first-order valence-electron chi connectivity index (χ1n) is 15.1. The van der Waals surface area contributed by atoms with Crippen molar-refractivity contribution in [2.75, 3.05) is 26.2 Å². The molecule has 4 unspecified atom stereocenters. The van der Waals surface area contributed by atoms with Crippen LogP contribution in [-0.4, -0.2) is 74.4 Å². The fourth-order valence-corrected chi connectivity index (χ4v) is 7.27. The highest BCUT2D eigenvalue weighted by Crippen LogP contribution is 2.37. The molecular formula is C29H35ClF5N9O. The molecule has 6 atom stereocenters. The maximum atomic E-state index is 14.1. The number of nitrogens with one attached hydrogen (secondary N) is 3. The number of hydrazine groups is 1. The van der Waals surface area contributed by atoms with Gasteiger partial charge in [-0.05, 0) is 74.8 Å². The maximum absolute atomic E-state index is 14.1. The Morgan fingerprint density at radius 3 is 2.60 bits per heavy atom. The van der Waals surface area contributed by atoms with Gasteiger partial charge in [0.15, 0.2) is 5.69 Å². The lowest BCUT2D eigenvalue weighted by Gasteiger charge is -2.42. The number of aromatic nitrogens is 5. The van der Waals surface area contributed by atoms with E-state index >= 15 is 0 Å². The third-order valence-electron chi connectivity index (χ3n) is 9.27. The molecule has 3 N–H and O–H groups in total. The number of hydrogen-bond acceptors (Lipinski definition) is 8. The minimum atomic E-state index is -4.68. The summed E-state index contributed by atoms with van der Waals surface area (Å²) in [5.41, 5.74) is 2.17.